The van der Waals surface area contributed by atoms with Gasteiger partial charge in [0.1, 0.15) is 5.69 Å². The summed E-state index contributed by atoms with van der Waals surface area (Å²) in [7, 11) is 0. The molecule has 0 saturated heterocycles. The molecule has 0 amide bonds. The van der Waals surface area contributed by atoms with Gasteiger partial charge < -0.3 is 0 Å². The van der Waals surface area contributed by atoms with Crippen molar-refractivity contribution in [3.8, 4) is 23.1 Å². The molecule has 0 radical (unpaired) electrons. The molecule has 0 atom stereocenters. The summed E-state index contributed by atoms with van der Waals surface area (Å²) in [4.78, 5) is 5.26. The third-order valence-electron chi connectivity index (χ3n) is 8.49. The van der Waals surface area contributed by atoms with Gasteiger partial charge in [0.15, 0.2) is 0 Å². The highest BCUT2D eigenvalue weighted by Gasteiger charge is 2.17. The fraction of sp³-hybridized carbons (Fsp3) is 0.103. The minimum absolute atomic E-state index is 0.820. The Balaban J connectivity index is 1.39. The number of hydrogen-bond acceptors (Lipinski definition) is 1. The van der Waals surface area contributed by atoms with Crippen LogP contribution in [-0.4, -0.2) is 4.98 Å². The summed E-state index contributed by atoms with van der Waals surface area (Å²) in [5.41, 5.74) is 7.03. The molecule has 0 bridgehead atoms. The molecule has 40 heavy (non-hydrogen) atoms. The number of rotatable bonds is 1. The lowest BCUT2D eigenvalue weighted by molar-refractivity contribution is 0.690. The number of hydrogen-bond donors (Lipinski definition) is 0. The summed E-state index contributed by atoms with van der Waals surface area (Å²) in [5, 5.41) is 9.87. The first-order valence-corrected chi connectivity index (χ1v) is 14.2. The molecule has 0 aliphatic heterocycles. The zero-order valence-corrected chi connectivity index (χ0v) is 22.2. The van der Waals surface area contributed by atoms with Crippen LogP contribution < -0.4 is 0 Å². The van der Waals surface area contributed by atoms with Crippen molar-refractivity contribution in [3.05, 3.63) is 138 Å². The van der Waals surface area contributed by atoms with Crippen LogP contribution >= 0.6 is 0 Å². The number of pyridine rings is 1. The van der Waals surface area contributed by atoms with Gasteiger partial charge in [-0.3, -0.25) is 0 Å². The summed E-state index contributed by atoms with van der Waals surface area (Å²) in [6, 6.07) is 41.3. The van der Waals surface area contributed by atoms with Crippen molar-refractivity contribution in [1.29, 1.82) is 0 Å². The van der Waals surface area contributed by atoms with E-state index < -0.39 is 0 Å². The van der Waals surface area contributed by atoms with Crippen molar-refractivity contribution in [2.24, 2.45) is 0 Å². The van der Waals surface area contributed by atoms with Crippen LogP contribution in [0.2, 0.25) is 0 Å². The van der Waals surface area contributed by atoms with E-state index in [0.29, 0.717) is 0 Å². The minimum atomic E-state index is 0.820. The second kappa shape index (κ2) is 9.37. The number of benzene rings is 6. The van der Waals surface area contributed by atoms with E-state index in [1.807, 2.05) is 0 Å². The first kappa shape index (κ1) is 23.0. The lowest BCUT2D eigenvalue weighted by Crippen LogP contribution is -2.03. The number of fused-ring (bicyclic) bond motifs is 7. The van der Waals surface area contributed by atoms with E-state index in [4.69, 9.17) is 4.98 Å². The van der Waals surface area contributed by atoms with E-state index in [1.54, 1.807) is 0 Å². The Kier molecular flexibility index (Phi) is 5.39. The van der Waals surface area contributed by atoms with E-state index >= 15 is 0 Å². The molecule has 6 aromatic carbocycles. The quantitative estimate of drug-likeness (QED) is 0.159. The zero-order valence-electron chi connectivity index (χ0n) is 22.2. The lowest BCUT2D eigenvalue weighted by Gasteiger charge is -2.20. The minimum Gasteiger partial charge on any atom is -0.239 e. The van der Waals surface area contributed by atoms with Crippen LogP contribution in [0, 0.1) is 11.8 Å². The normalized spacial score (nSPS) is 12.9. The number of aromatic nitrogens is 1. The Labute approximate surface area is 234 Å². The molecule has 1 heterocycles. The van der Waals surface area contributed by atoms with Gasteiger partial charge in [0.25, 0.3) is 0 Å². The van der Waals surface area contributed by atoms with E-state index in [2.05, 4.69) is 127 Å². The van der Waals surface area contributed by atoms with Crippen molar-refractivity contribution >= 4 is 43.1 Å². The molecular formula is C39H27N. The number of nitrogens with zero attached hydrogens (tertiary/aromatic N) is 1. The van der Waals surface area contributed by atoms with E-state index in [1.165, 1.54) is 68.3 Å². The van der Waals surface area contributed by atoms with Crippen LogP contribution in [0.3, 0.4) is 0 Å². The van der Waals surface area contributed by atoms with Crippen LogP contribution in [0.25, 0.3) is 54.3 Å². The molecule has 1 nitrogen and oxygen atoms in total. The first-order chi connectivity index (χ1) is 19.8. The fourth-order valence-corrected chi connectivity index (χ4v) is 6.54. The molecule has 0 fully saturated rings. The van der Waals surface area contributed by atoms with Gasteiger partial charge in [-0.25, -0.2) is 4.98 Å². The molecule has 0 saturated carbocycles. The molecule has 8 rings (SSSR count). The van der Waals surface area contributed by atoms with Crippen molar-refractivity contribution in [2.75, 3.05) is 0 Å². The van der Waals surface area contributed by atoms with Crippen molar-refractivity contribution in [2.45, 2.75) is 25.7 Å². The molecule has 1 aromatic heterocycles. The molecule has 0 unspecified atom stereocenters. The average Bonchev–Trinajstić information content (AvgIpc) is 3.03. The van der Waals surface area contributed by atoms with Gasteiger partial charge in [-0.2, -0.15) is 0 Å². The molecule has 0 N–H and O–H groups in total. The van der Waals surface area contributed by atoms with Gasteiger partial charge >= 0.3 is 0 Å². The van der Waals surface area contributed by atoms with E-state index in [-0.39, 0.29) is 0 Å². The van der Waals surface area contributed by atoms with Crippen molar-refractivity contribution in [3.63, 3.8) is 0 Å². The molecular weight excluding hydrogens is 482 g/mol. The summed E-state index contributed by atoms with van der Waals surface area (Å²) < 4.78 is 0. The van der Waals surface area contributed by atoms with Gasteiger partial charge in [0.05, 0.1) is 5.69 Å². The topological polar surface area (TPSA) is 12.9 Å². The molecule has 188 valence electrons. The fourth-order valence-electron chi connectivity index (χ4n) is 6.54. The predicted molar refractivity (Wildman–Crippen MR) is 169 cm³/mol. The van der Waals surface area contributed by atoms with E-state index in [0.717, 1.165) is 34.1 Å². The zero-order chi connectivity index (χ0) is 26.5. The highest BCUT2D eigenvalue weighted by Crippen LogP contribution is 2.39. The Morgan fingerprint density at radius 1 is 0.500 bits per heavy atom. The van der Waals surface area contributed by atoms with Crippen molar-refractivity contribution < 1.29 is 0 Å². The molecule has 1 heteroatoms. The maximum atomic E-state index is 5.26. The molecule has 1 aliphatic rings. The van der Waals surface area contributed by atoms with Crippen molar-refractivity contribution in [1.82, 2.24) is 4.98 Å². The third kappa shape index (κ3) is 3.76. The van der Waals surface area contributed by atoms with E-state index in [9.17, 15) is 0 Å². The van der Waals surface area contributed by atoms with Gasteiger partial charge in [0.2, 0.25) is 0 Å². The van der Waals surface area contributed by atoms with Gasteiger partial charge in [0, 0.05) is 16.5 Å². The predicted octanol–water partition coefficient (Wildman–Crippen LogP) is 9.64. The summed E-state index contributed by atoms with van der Waals surface area (Å²) in [5.74, 6) is 6.95. The molecule has 7 aromatic rings. The second-order valence-corrected chi connectivity index (χ2v) is 10.8. The summed E-state index contributed by atoms with van der Waals surface area (Å²) >= 11 is 0. The Bertz CT molecular complexity index is 2170. The molecule has 0 spiro atoms. The van der Waals surface area contributed by atoms with Gasteiger partial charge in [-0.15, -0.1) is 0 Å². The Morgan fingerprint density at radius 2 is 1.20 bits per heavy atom. The Hall–Kier alpha value is -4.93. The smallest absolute Gasteiger partial charge is 0.122 e. The third-order valence-corrected chi connectivity index (χ3v) is 8.49. The van der Waals surface area contributed by atoms with Crippen LogP contribution in [0.15, 0.2) is 115 Å². The SMILES string of the molecule is C(#Cc1nc(-c2cc3c4c(ccc3c3ccccc23)CCCC4)cc2ccccc12)c1cccc2ccccc12. The Morgan fingerprint density at radius 3 is 2.10 bits per heavy atom. The molecule has 1 aliphatic carbocycles. The van der Waals surface area contributed by atoms with Crippen LogP contribution in [0.1, 0.15) is 35.2 Å². The van der Waals surface area contributed by atoms with Crippen LogP contribution in [0.5, 0.6) is 0 Å². The summed E-state index contributed by atoms with van der Waals surface area (Å²) in [6.45, 7) is 0. The maximum Gasteiger partial charge on any atom is 0.122 e. The highest BCUT2D eigenvalue weighted by molar-refractivity contribution is 6.15. The largest absolute Gasteiger partial charge is 0.239 e. The van der Waals surface area contributed by atoms with Crippen LogP contribution in [-0.2, 0) is 12.8 Å². The van der Waals surface area contributed by atoms with Gasteiger partial charge in [-0.1, -0.05) is 103 Å². The summed E-state index contributed by atoms with van der Waals surface area (Å²) in [6.07, 6.45) is 4.87. The number of aryl methyl sites for hydroxylation is 2. The maximum absolute atomic E-state index is 5.26. The lowest BCUT2D eigenvalue weighted by atomic mass is 9.85. The monoisotopic (exact) mass is 509 g/mol. The standard InChI is InChI=1S/C39H27N/c1-4-15-30-26(10-1)13-9-14-27(30)21-23-38-32-17-6-3-12-29(32)24-39(40-38)37-25-36-31-16-5-2-11-28(31)20-22-35(36)33-18-7-8-19-34(33)37/h1,3-4,6-10,12-15,17-20,22,24-25H,2,5,11,16H2. The second-order valence-electron chi connectivity index (χ2n) is 10.8. The first-order valence-electron chi connectivity index (χ1n) is 14.2. The average molecular weight is 510 g/mol. The van der Waals surface area contributed by atoms with Crippen LogP contribution in [0.4, 0.5) is 0 Å². The van der Waals surface area contributed by atoms with Gasteiger partial charge in [-0.05, 0) is 98.6 Å². The highest BCUT2D eigenvalue weighted by atomic mass is 14.7.